The zero-order chi connectivity index (χ0) is 12.4. The van der Waals surface area contributed by atoms with Crippen LogP contribution in [-0.4, -0.2) is 5.91 Å². The van der Waals surface area contributed by atoms with Crippen molar-refractivity contribution in [2.75, 3.05) is 11.1 Å². The summed E-state index contributed by atoms with van der Waals surface area (Å²) in [5.41, 5.74) is 8.02. The third-order valence-corrected chi connectivity index (χ3v) is 3.77. The second-order valence-electron chi connectivity index (χ2n) is 3.62. The lowest BCUT2D eigenvalue weighted by atomic mass is 10.2. The van der Waals surface area contributed by atoms with Gasteiger partial charge in [0.15, 0.2) is 0 Å². The topological polar surface area (TPSA) is 55.1 Å². The highest BCUT2D eigenvalue weighted by atomic mass is 79.9. The maximum absolute atomic E-state index is 12.0. The van der Waals surface area contributed by atoms with Gasteiger partial charge in [0.1, 0.15) is 4.88 Å². The van der Waals surface area contributed by atoms with Gasteiger partial charge in [-0.15, -0.1) is 11.3 Å². The monoisotopic (exact) mass is 310 g/mol. The van der Waals surface area contributed by atoms with Crippen molar-refractivity contribution >= 4 is 44.5 Å². The minimum absolute atomic E-state index is 0.168. The van der Waals surface area contributed by atoms with Crippen molar-refractivity contribution in [2.45, 2.75) is 6.92 Å². The van der Waals surface area contributed by atoms with Crippen LogP contribution in [0.4, 0.5) is 11.4 Å². The van der Waals surface area contributed by atoms with Gasteiger partial charge in [-0.05, 0) is 36.1 Å². The van der Waals surface area contributed by atoms with E-state index < -0.39 is 0 Å². The Balaban J connectivity index is 2.24. The highest BCUT2D eigenvalue weighted by molar-refractivity contribution is 9.10. The molecule has 1 heterocycles. The number of hydrogen-bond donors (Lipinski definition) is 2. The Morgan fingerprint density at radius 2 is 2.18 bits per heavy atom. The summed E-state index contributed by atoms with van der Waals surface area (Å²) in [5, 5.41) is 4.66. The molecule has 3 N–H and O–H groups in total. The van der Waals surface area contributed by atoms with Crippen LogP contribution in [0.3, 0.4) is 0 Å². The molecule has 0 fully saturated rings. The number of amides is 1. The Hall–Kier alpha value is -1.33. The van der Waals surface area contributed by atoms with Crippen molar-refractivity contribution in [1.29, 1.82) is 0 Å². The number of halogens is 1. The molecule has 3 nitrogen and oxygen atoms in total. The first-order chi connectivity index (χ1) is 8.08. The van der Waals surface area contributed by atoms with Crippen LogP contribution in [0.15, 0.2) is 34.1 Å². The molecular formula is C12H11BrN2OS. The molecule has 1 aromatic heterocycles. The predicted octanol–water partition coefficient (Wildman–Crippen LogP) is 3.65. The van der Waals surface area contributed by atoms with Crippen LogP contribution in [0.25, 0.3) is 0 Å². The first kappa shape index (κ1) is 12.1. The summed E-state index contributed by atoms with van der Waals surface area (Å²) in [6, 6.07) is 7.48. The average molecular weight is 311 g/mol. The van der Waals surface area contributed by atoms with Gasteiger partial charge in [0, 0.05) is 10.2 Å². The van der Waals surface area contributed by atoms with Crippen molar-refractivity contribution in [3.63, 3.8) is 0 Å². The molecule has 5 heteroatoms. The van der Waals surface area contributed by atoms with E-state index >= 15 is 0 Å². The van der Waals surface area contributed by atoms with Crippen molar-refractivity contribution in [2.24, 2.45) is 0 Å². The number of nitrogens with two attached hydrogens (primary N) is 1. The Bertz CT molecular complexity index is 565. The quantitative estimate of drug-likeness (QED) is 0.889. The first-order valence-electron chi connectivity index (χ1n) is 4.98. The minimum atomic E-state index is -0.168. The van der Waals surface area contributed by atoms with E-state index in [1.165, 1.54) is 11.3 Å². The van der Waals surface area contributed by atoms with Crippen LogP contribution < -0.4 is 11.1 Å². The second-order valence-corrected chi connectivity index (χ2v) is 5.45. The van der Waals surface area contributed by atoms with Gasteiger partial charge in [0.2, 0.25) is 0 Å². The molecule has 0 saturated heterocycles. The molecule has 0 radical (unpaired) electrons. The number of aryl methyl sites for hydroxylation is 1. The highest BCUT2D eigenvalue weighted by Crippen LogP contribution is 2.24. The third kappa shape index (κ3) is 2.68. The second kappa shape index (κ2) is 4.89. The van der Waals surface area contributed by atoms with E-state index in [4.69, 9.17) is 5.73 Å². The fraction of sp³-hybridized carbons (Fsp3) is 0.0833. The summed E-state index contributed by atoms with van der Waals surface area (Å²) in [6.45, 7) is 1.94. The van der Waals surface area contributed by atoms with E-state index in [1.54, 1.807) is 11.4 Å². The molecule has 0 saturated carbocycles. The van der Waals surface area contributed by atoms with Crippen LogP contribution in [0, 0.1) is 6.92 Å². The summed E-state index contributed by atoms with van der Waals surface area (Å²) in [7, 11) is 0. The summed E-state index contributed by atoms with van der Waals surface area (Å²) >= 11 is 4.71. The minimum Gasteiger partial charge on any atom is -0.397 e. The van der Waals surface area contributed by atoms with Crippen LogP contribution in [0.1, 0.15) is 15.2 Å². The molecule has 0 spiro atoms. The van der Waals surface area contributed by atoms with Crippen molar-refractivity contribution in [3.05, 3.63) is 44.6 Å². The lowest BCUT2D eigenvalue weighted by molar-refractivity contribution is 0.103. The fourth-order valence-electron chi connectivity index (χ4n) is 1.41. The standard InChI is InChI=1S/C12H11BrN2OS/c1-7-2-3-8(13)6-10(7)15-12(16)11-9(14)4-5-17-11/h2-6H,14H2,1H3,(H,15,16). The lowest BCUT2D eigenvalue weighted by Gasteiger charge is -2.08. The number of rotatable bonds is 2. The van der Waals surface area contributed by atoms with Gasteiger partial charge in [0.25, 0.3) is 5.91 Å². The zero-order valence-corrected chi connectivity index (χ0v) is 11.6. The molecule has 17 heavy (non-hydrogen) atoms. The van der Waals surface area contributed by atoms with Gasteiger partial charge in [0.05, 0.1) is 5.69 Å². The molecule has 1 amide bonds. The average Bonchev–Trinajstić information content (AvgIpc) is 2.70. The maximum Gasteiger partial charge on any atom is 0.267 e. The molecule has 0 aliphatic heterocycles. The molecular weight excluding hydrogens is 300 g/mol. The number of nitrogen functional groups attached to an aromatic ring is 1. The number of thiophene rings is 1. The summed E-state index contributed by atoms with van der Waals surface area (Å²) in [6.07, 6.45) is 0. The third-order valence-electron chi connectivity index (χ3n) is 2.35. The van der Waals surface area contributed by atoms with Crippen molar-refractivity contribution in [1.82, 2.24) is 0 Å². The van der Waals surface area contributed by atoms with Gasteiger partial charge in [-0.1, -0.05) is 22.0 Å². The summed E-state index contributed by atoms with van der Waals surface area (Å²) < 4.78 is 0.928. The number of benzene rings is 1. The SMILES string of the molecule is Cc1ccc(Br)cc1NC(=O)c1sccc1N. The molecule has 0 aliphatic carbocycles. The van der Waals surface area contributed by atoms with E-state index in [2.05, 4.69) is 21.2 Å². The highest BCUT2D eigenvalue weighted by Gasteiger charge is 2.12. The van der Waals surface area contributed by atoms with Gasteiger partial charge >= 0.3 is 0 Å². The number of nitrogens with one attached hydrogen (secondary N) is 1. The van der Waals surface area contributed by atoms with E-state index in [9.17, 15) is 4.79 Å². The predicted molar refractivity (Wildman–Crippen MR) is 75.6 cm³/mol. The Morgan fingerprint density at radius 3 is 2.82 bits per heavy atom. The Morgan fingerprint density at radius 1 is 1.41 bits per heavy atom. The largest absolute Gasteiger partial charge is 0.397 e. The van der Waals surface area contributed by atoms with E-state index in [1.807, 2.05) is 25.1 Å². The van der Waals surface area contributed by atoms with E-state index in [0.717, 1.165) is 15.7 Å². The van der Waals surface area contributed by atoms with Crippen LogP contribution >= 0.6 is 27.3 Å². The van der Waals surface area contributed by atoms with Crippen molar-refractivity contribution < 1.29 is 4.79 Å². The molecule has 0 unspecified atom stereocenters. The van der Waals surface area contributed by atoms with E-state index in [-0.39, 0.29) is 5.91 Å². The van der Waals surface area contributed by atoms with Gasteiger partial charge in [-0.25, -0.2) is 0 Å². The number of hydrogen-bond acceptors (Lipinski definition) is 3. The zero-order valence-electron chi connectivity index (χ0n) is 9.16. The molecule has 88 valence electrons. The molecule has 2 aromatic rings. The molecule has 1 aromatic carbocycles. The van der Waals surface area contributed by atoms with Gasteiger partial charge < -0.3 is 11.1 Å². The Labute approximate surface area is 112 Å². The molecule has 0 aliphatic rings. The van der Waals surface area contributed by atoms with E-state index in [0.29, 0.717) is 10.6 Å². The lowest BCUT2D eigenvalue weighted by Crippen LogP contribution is -2.12. The molecule has 0 atom stereocenters. The van der Waals surface area contributed by atoms with Crippen molar-refractivity contribution in [3.8, 4) is 0 Å². The normalized spacial score (nSPS) is 10.2. The number of carbonyl (C=O) groups is 1. The number of anilines is 2. The van der Waals surface area contributed by atoms with Gasteiger partial charge in [-0.3, -0.25) is 4.79 Å². The van der Waals surface area contributed by atoms with Crippen LogP contribution in [-0.2, 0) is 0 Å². The maximum atomic E-state index is 12.0. The van der Waals surface area contributed by atoms with Crippen LogP contribution in [0.2, 0.25) is 0 Å². The van der Waals surface area contributed by atoms with Gasteiger partial charge in [-0.2, -0.15) is 0 Å². The summed E-state index contributed by atoms with van der Waals surface area (Å²) in [4.78, 5) is 12.5. The number of carbonyl (C=O) groups excluding carboxylic acids is 1. The first-order valence-corrected chi connectivity index (χ1v) is 6.65. The Kier molecular flexibility index (Phi) is 3.49. The molecule has 2 rings (SSSR count). The summed E-state index contributed by atoms with van der Waals surface area (Å²) in [5.74, 6) is -0.168. The van der Waals surface area contributed by atoms with Crippen LogP contribution in [0.5, 0.6) is 0 Å². The smallest absolute Gasteiger partial charge is 0.267 e. The fourth-order valence-corrected chi connectivity index (χ4v) is 2.49. The molecule has 0 bridgehead atoms.